The topological polar surface area (TPSA) is 83.6 Å². The molecule has 1 saturated heterocycles. The molecule has 1 aromatic carbocycles. The van der Waals surface area contributed by atoms with Gasteiger partial charge in [-0.15, -0.1) is 0 Å². The molecule has 0 bridgehead atoms. The molecule has 0 aliphatic carbocycles. The normalized spacial score (nSPS) is 22.4. The molecule has 1 aromatic rings. The quantitative estimate of drug-likeness (QED) is 0.855. The van der Waals surface area contributed by atoms with Gasteiger partial charge in [0.25, 0.3) is 11.7 Å². The van der Waals surface area contributed by atoms with Gasteiger partial charge in [-0.25, -0.2) is 8.42 Å². The zero-order valence-corrected chi connectivity index (χ0v) is 12.4. The number of rotatable bonds is 3. The molecule has 2 heterocycles. The lowest BCUT2D eigenvalue weighted by Gasteiger charge is -2.23. The standard InChI is InChI=1S/C14H16N2O4S/c1-2-9-4-3-7-16(9)21(19,20)10-5-6-12-11(8-10)13(17)14(18)15-12/h5-6,8-9H,2-4,7H2,1H3,(H,15,17,18)/t9-/m1/s1. The third kappa shape index (κ3) is 2.16. The summed E-state index contributed by atoms with van der Waals surface area (Å²) >= 11 is 0. The van der Waals surface area contributed by atoms with Crippen molar-refractivity contribution < 1.29 is 18.0 Å². The highest BCUT2D eigenvalue weighted by Gasteiger charge is 2.36. The highest BCUT2D eigenvalue weighted by molar-refractivity contribution is 7.89. The second-order valence-corrected chi connectivity index (χ2v) is 7.20. The van der Waals surface area contributed by atoms with E-state index in [9.17, 15) is 18.0 Å². The Morgan fingerprint density at radius 3 is 2.81 bits per heavy atom. The van der Waals surface area contributed by atoms with Crippen molar-refractivity contribution >= 4 is 27.4 Å². The number of nitrogens with zero attached hydrogens (tertiary/aromatic N) is 1. The van der Waals surface area contributed by atoms with Gasteiger partial charge in [-0.1, -0.05) is 6.92 Å². The Balaban J connectivity index is 2.01. The fourth-order valence-corrected chi connectivity index (χ4v) is 4.74. The van der Waals surface area contributed by atoms with Gasteiger partial charge in [-0.05, 0) is 37.5 Å². The average molecular weight is 308 g/mol. The van der Waals surface area contributed by atoms with Crippen molar-refractivity contribution in [2.75, 3.05) is 11.9 Å². The Kier molecular flexibility index (Phi) is 3.33. The van der Waals surface area contributed by atoms with E-state index in [1.54, 1.807) is 0 Å². The van der Waals surface area contributed by atoms with Crippen molar-refractivity contribution in [1.82, 2.24) is 4.31 Å². The molecule has 0 saturated carbocycles. The Labute approximate surface area is 123 Å². The Morgan fingerprint density at radius 2 is 2.10 bits per heavy atom. The van der Waals surface area contributed by atoms with E-state index >= 15 is 0 Å². The van der Waals surface area contributed by atoms with Crippen LogP contribution in [0.1, 0.15) is 36.5 Å². The number of amides is 1. The first-order valence-corrected chi connectivity index (χ1v) is 8.40. The monoisotopic (exact) mass is 308 g/mol. The lowest BCUT2D eigenvalue weighted by molar-refractivity contribution is -0.112. The van der Waals surface area contributed by atoms with Crippen LogP contribution >= 0.6 is 0 Å². The smallest absolute Gasteiger partial charge is 0.296 e. The van der Waals surface area contributed by atoms with Gasteiger partial charge in [0.05, 0.1) is 16.1 Å². The third-order valence-corrected chi connectivity index (χ3v) is 6.04. The van der Waals surface area contributed by atoms with Crippen LogP contribution in [-0.2, 0) is 14.8 Å². The van der Waals surface area contributed by atoms with Gasteiger partial charge in [-0.2, -0.15) is 4.31 Å². The molecule has 7 heteroatoms. The predicted octanol–water partition coefficient (Wildman–Crippen LogP) is 1.38. The van der Waals surface area contributed by atoms with Crippen LogP contribution in [0.15, 0.2) is 23.1 Å². The van der Waals surface area contributed by atoms with Gasteiger partial charge >= 0.3 is 0 Å². The first kappa shape index (κ1) is 14.2. The molecular formula is C14H16N2O4S. The van der Waals surface area contributed by atoms with Crippen LogP contribution in [0.25, 0.3) is 0 Å². The number of fused-ring (bicyclic) bond motifs is 1. The average Bonchev–Trinajstić information content (AvgIpc) is 3.05. The fraction of sp³-hybridized carbons (Fsp3) is 0.429. The minimum absolute atomic E-state index is 0.0127. The summed E-state index contributed by atoms with van der Waals surface area (Å²) in [6, 6.07) is 4.23. The molecule has 0 aromatic heterocycles. The van der Waals surface area contributed by atoms with Crippen LogP contribution in [0, 0.1) is 0 Å². The number of ketones is 1. The van der Waals surface area contributed by atoms with Crippen LogP contribution < -0.4 is 5.32 Å². The first-order chi connectivity index (χ1) is 9.95. The highest BCUT2D eigenvalue weighted by Crippen LogP contribution is 2.31. The van der Waals surface area contributed by atoms with E-state index in [4.69, 9.17) is 0 Å². The molecule has 2 aliphatic heterocycles. The van der Waals surface area contributed by atoms with E-state index < -0.39 is 21.7 Å². The van der Waals surface area contributed by atoms with Crippen molar-refractivity contribution in [3.63, 3.8) is 0 Å². The van der Waals surface area contributed by atoms with Crippen molar-refractivity contribution in [1.29, 1.82) is 0 Å². The number of sulfonamides is 1. The highest BCUT2D eigenvalue weighted by atomic mass is 32.2. The molecule has 1 atom stereocenters. The Hall–Kier alpha value is -1.73. The van der Waals surface area contributed by atoms with E-state index in [1.807, 2.05) is 6.92 Å². The van der Waals surface area contributed by atoms with Crippen LogP contribution in [0.3, 0.4) is 0 Å². The summed E-state index contributed by atoms with van der Waals surface area (Å²) in [6.45, 7) is 2.47. The number of hydrogen-bond acceptors (Lipinski definition) is 4. The zero-order chi connectivity index (χ0) is 15.2. The maximum atomic E-state index is 12.7. The molecule has 1 fully saturated rings. The Morgan fingerprint density at radius 1 is 1.33 bits per heavy atom. The molecular weight excluding hydrogens is 292 g/mol. The Bertz CT molecular complexity index is 726. The van der Waals surface area contributed by atoms with E-state index in [2.05, 4.69) is 5.32 Å². The largest absolute Gasteiger partial charge is 0.318 e. The van der Waals surface area contributed by atoms with Crippen LogP contribution in [0.4, 0.5) is 5.69 Å². The van der Waals surface area contributed by atoms with Gasteiger partial charge in [0.2, 0.25) is 10.0 Å². The van der Waals surface area contributed by atoms with Gasteiger partial charge in [-0.3, -0.25) is 9.59 Å². The molecule has 1 amide bonds. The predicted molar refractivity (Wildman–Crippen MR) is 76.6 cm³/mol. The van der Waals surface area contributed by atoms with Crippen LogP contribution in [0.2, 0.25) is 0 Å². The number of hydrogen-bond donors (Lipinski definition) is 1. The molecule has 2 aliphatic rings. The van der Waals surface area contributed by atoms with Crippen molar-refractivity contribution in [3.8, 4) is 0 Å². The number of carbonyl (C=O) groups excluding carboxylic acids is 2. The van der Waals surface area contributed by atoms with Crippen molar-refractivity contribution in [2.45, 2.75) is 37.1 Å². The molecule has 0 spiro atoms. The van der Waals surface area contributed by atoms with E-state index in [0.717, 1.165) is 19.3 Å². The van der Waals surface area contributed by atoms with Crippen LogP contribution in [0.5, 0.6) is 0 Å². The minimum Gasteiger partial charge on any atom is -0.318 e. The second kappa shape index (κ2) is 4.92. The maximum absolute atomic E-state index is 12.7. The summed E-state index contributed by atoms with van der Waals surface area (Å²) in [4.78, 5) is 23.1. The third-order valence-electron chi connectivity index (χ3n) is 4.09. The van der Waals surface area contributed by atoms with Crippen molar-refractivity contribution in [2.24, 2.45) is 0 Å². The summed E-state index contributed by atoms with van der Waals surface area (Å²) in [6.07, 6.45) is 2.48. The lowest BCUT2D eigenvalue weighted by Crippen LogP contribution is -2.35. The summed E-state index contributed by atoms with van der Waals surface area (Å²) in [5.41, 5.74) is 0.505. The summed E-state index contributed by atoms with van der Waals surface area (Å²) in [7, 11) is -3.62. The molecule has 0 unspecified atom stereocenters. The van der Waals surface area contributed by atoms with Gasteiger partial charge in [0, 0.05) is 12.6 Å². The maximum Gasteiger partial charge on any atom is 0.296 e. The lowest BCUT2D eigenvalue weighted by atomic mass is 10.1. The number of benzene rings is 1. The fourth-order valence-electron chi connectivity index (χ4n) is 2.95. The molecule has 21 heavy (non-hydrogen) atoms. The van der Waals surface area contributed by atoms with Gasteiger partial charge < -0.3 is 5.32 Å². The second-order valence-electron chi connectivity index (χ2n) is 5.31. The first-order valence-electron chi connectivity index (χ1n) is 6.96. The molecule has 0 radical (unpaired) electrons. The van der Waals surface area contributed by atoms with Crippen LogP contribution in [-0.4, -0.2) is 37.0 Å². The minimum atomic E-state index is -3.62. The molecule has 3 rings (SSSR count). The molecule has 1 N–H and O–H groups in total. The summed E-state index contributed by atoms with van der Waals surface area (Å²) < 4.78 is 26.9. The molecule has 112 valence electrons. The number of carbonyl (C=O) groups is 2. The molecule has 6 nitrogen and oxygen atoms in total. The zero-order valence-electron chi connectivity index (χ0n) is 11.6. The number of nitrogens with one attached hydrogen (secondary N) is 1. The van der Waals surface area contributed by atoms with Crippen molar-refractivity contribution in [3.05, 3.63) is 23.8 Å². The number of anilines is 1. The van der Waals surface area contributed by atoms with Gasteiger partial charge in [0.1, 0.15) is 0 Å². The number of Topliss-reactive ketones (excluding diaryl/α,β-unsaturated/α-hetero) is 1. The summed E-state index contributed by atoms with van der Waals surface area (Å²) in [5, 5.41) is 2.42. The van der Waals surface area contributed by atoms with E-state index in [0.29, 0.717) is 12.2 Å². The summed E-state index contributed by atoms with van der Waals surface area (Å²) in [5.74, 6) is -1.40. The van der Waals surface area contributed by atoms with E-state index in [-0.39, 0.29) is 16.5 Å². The van der Waals surface area contributed by atoms with Gasteiger partial charge in [0.15, 0.2) is 0 Å². The SMILES string of the molecule is CC[C@@H]1CCCN1S(=O)(=O)c1ccc2c(c1)C(=O)C(=O)N2. The van der Waals surface area contributed by atoms with E-state index in [1.165, 1.54) is 22.5 Å².